The Morgan fingerprint density at radius 2 is 2.17 bits per heavy atom. The molecule has 1 aromatic heterocycles. The van der Waals surface area contributed by atoms with E-state index in [2.05, 4.69) is 21.1 Å². The monoisotopic (exact) mass is 247 g/mol. The summed E-state index contributed by atoms with van der Waals surface area (Å²) < 4.78 is 8.19. The molecular weight excluding hydrogens is 226 g/mol. The third-order valence-electron chi connectivity index (χ3n) is 4.38. The zero-order chi connectivity index (χ0) is 11.9. The highest BCUT2D eigenvalue weighted by Crippen LogP contribution is 2.43. The van der Waals surface area contributed by atoms with Crippen molar-refractivity contribution in [2.45, 2.75) is 56.8 Å². The lowest BCUT2D eigenvalue weighted by molar-refractivity contribution is 0.0750. The van der Waals surface area contributed by atoms with Crippen LogP contribution in [0.5, 0.6) is 0 Å². The van der Waals surface area contributed by atoms with Gasteiger partial charge in [-0.2, -0.15) is 0 Å². The topological polar surface area (TPSA) is 39.1 Å². The van der Waals surface area contributed by atoms with Crippen LogP contribution in [-0.2, 0) is 11.3 Å². The van der Waals surface area contributed by atoms with Gasteiger partial charge in [-0.1, -0.05) is 0 Å². The fraction of sp³-hybridized carbons (Fsp3) is 0.786. The van der Waals surface area contributed by atoms with E-state index in [1.165, 1.54) is 31.4 Å². The van der Waals surface area contributed by atoms with Crippen LogP contribution >= 0.6 is 0 Å². The van der Waals surface area contributed by atoms with Crippen molar-refractivity contribution in [1.82, 2.24) is 14.9 Å². The zero-order valence-corrected chi connectivity index (χ0v) is 10.7. The van der Waals surface area contributed by atoms with Gasteiger partial charge in [-0.05, 0) is 38.0 Å². The van der Waals surface area contributed by atoms with Crippen molar-refractivity contribution in [3.8, 4) is 0 Å². The molecule has 4 heteroatoms. The predicted molar refractivity (Wildman–Crippen MR) is 68.2 cm³/mol. The number of ether oxygens (including phenoxy) is 1. The first-order valence-corrected chi connectivity index (χ1v) is 7.27. The van der Waals surface area contributed by atoms with Gasteiger partial charge in [-0.15, -0.1) is 0 Å². The van der Waals surface area contributed by atoms with Crippen molar-refractivity contribution in [2.24, 2.45) is 5.92 Å². The maximum atomic E-state index is 5.90. The molecule has 0 spiro atoms. The minimum absolute atomic E-state index is 0.448. The van der Waals surface area contributed by atoms with Gasteiger partial charge >= 0.3 is 0 Å². The summed E-state index contributed by atoms with van der Waals surface area (Å²) in [7, 11) is 0. The van der Waals surface area contributed by atoms with Crippen molar-refractivity contribution in [1.29, 1.82) is 0 Å². The van der Waals surface area contributed by atoms with Crippen LogP contribution in [0.3, 0.4) is 0 Å². The highest BCUT2D eigenvalue weighted by molar-refractivity contribution is 5.02. The summed E-state index contributed by atoms with van der Waals surface area (Å²) in [5.41, 5.74) is 1.17. The molecule has 0 radical (unpaired) electrons. The van der Waals surface area contributed by atoms with E-state index in [1.807, 2.05) is 6.33 Å². The van der Waals surface area contributed by atoms with Crippen LogP contribution in [-0.4, -0.2) is 28.3 Å². The first-order valence-electron chi connectivity index (χ1n) is 7.27. The molecule has 4 nitrogen and oxygen atoms in total. The van der Waals surface area contributed by atoms with Crippen LogP contribution in [0.4, 0.5) is 0 Å². The smallest absolute Gasteiger partial charge is 0.0953 e. The summed E-state index contributed by atoms with van der Waals surface area (Å²) in [5, 5.41) is 3.52. The summed E-state index contributed by atoms with van der Waals surface area (Å²) >= 11 is 0. The quantitative estimate of drug-likeness (QED) is 0.863. The lowest BCUT2D eigenvalue weighted by Gasteiger charge is -2.18. The molecule has 18 heavy (non-hydrogen) atoms. The first-order chi connectivity index (χ1) is 8.90. The van der Waals surface area contributed by atoms with E-state index in [1.54, 1.807) is 0 Å². The third-order valence-corrected chi connectivity index (χ3v) is 4.38. The molecule has 0 aromatic carbocycles. The summed E-state index contributed by atoms with van der Waals surface area (Å²) in [6.07, 6.45) is 11.2. The zero-order valence-electron chi connectivity index (χ0n) is 10.7. The van der Waals surface area contributed by atoms with Gasteiger partial charge in [0.15, 0.2) is 0 Å². The number of hydrogen-bond acceptors (Lipinski definition) is 3. The standard InChI is InChI=1S/C14H21N3O/c1-2-10(1)14-13(5-6-18-14)17-8-12(16-9-17)7-15-11-3-4-11/h8-11,13-15H,1-7H2. The highest BCUT2D eigenvalue weighted by atomic mass is 16.5. The lowest BCUT2D eigenvalue weighted by Crippen LogP contribution is -2.21. The van der Waals surface area contributed by atoms with Gasteiger partial charge in [0.25, 0.3) is 0 Å². The second kappa shape index (κ2) is 4.35. The number of hydrogen-bond donors (Lipinski definition) is 1. The Hall–Kier alpha value is -0.870. The van der Waals surface area contributed by atoms with Gasteiger partial charge in [0.2, 0.25) is 0 Å². The number of rotatable bonds is 5. The van der Waals surface area contributed by atoms with E-state index in [0.29, 0.717) is 12.1 Å². The van der Waals surface area contributed by atoms with Crippen LogP contribution in [0.15, 0.2) is 12.5 Å². The Bertz CT molecular complexity index is 422. The molecular formula is C14H21N3O. The van der Waals surface area contributed by atoms with E-state index in [4.69, 9.17) is 4.74 Å². The Morgan fingerprint density at radius 3 is 2.94 bits per heavy atom. The molecule has 3 aliphatic rings. The normalized spacial score (nSPS) is 32.0. The van der Waals surface area contributed by atoms with E-state index in [0.717, 1.165) is 31.5 Å². The fourth-order valence-corrected chi connectivity index (χ4v) is 2.98. The molecule has 1 N–H and O–H groups in total. The molecule has 2 unspecified atom stereocenters. The average molecular weight is 247 g/mol. The molecule has 2 atom stereocenters. The molecule has 1 saturated heterocycles. The molecule has 1 aliphatic heterocycles. The van der Waals surface area contributed by atoms with Crippen LogP contribution in [0.25, 0.3) is 0 Å². The molecule has 98 valence electrons. The van der Waals surface area contributed by atoms with Gasteiger partial charge in [0.05, 0.1) is 24.2 Å². The van der Waals surface area contributed by atoms with Crippen LogP contribution < -0.4 is 5.32 Å². The maximum Gasteiger partial charge on any atom is 0.0953 e. The highest BCUT2D eigenvalue weighted by Gasteiger charge is 2.41. The minimum Gasteiger partial charge on any atom is -0.376 e. The van der Waals surface area contributed by atoms with Crippen molar-refractivity contribution in [3.63, 3.8) is 0 Å². The van der Waals surface area contributed by atoms with E-state index >= 15 is 0 Å². The maximum absolute atomic E-state index is 5.90. The number of nitrogens with zero attached hydrogens (tertiary/aromatic N) is 2. The van der Waals surface area contributed by atoms with Gasteiger partial charge < -0.3 is 14.6 Å². The summed E-state index contributed by atoms with van der Waals surface area (Å²) in [6.45, 7) is 1.83. The SMILES string of the molecule is c1nc(CNC2CC2)cn1C1CCOC1C1CC1. The lowest BCUT2D eigenvalue weighted by atomic mass is 10.1. The largest absolute Gasteiger partial charge is 0.376 e. The van der Waals surface area contributed by atoms with Crippen LogP contribution in [0.2, 0.25) is 0 Å². The van der Waals surface area contributed by atoms with E-state index in [9.17, 15) is 0 Å². The molecule has 4 rings (SSSR count). The summed E-state index contributed by atoms with van der Waals surface area (Å²) in [6, 6.07) is 1.28. The Morgan fingerprint density at radius 1 is 1.28 bits per heavy atom. The molecule has 3 fully saturated rings. The van der Waals surface area contributed by atoms with Crippen LogP contribution in [0.1, 0.15) is 43.8 Å². The van der Waals surface area contributed by atoms with Gasteiger partial charge in [-0.25, -0.2) is 4.98 Å². The first kappa shape index (κ1) is 11.0. The van der Waals surface area contributed by atoms with Gasteiger partial charge in [0, 0.05) is 25.4 Å². The van der Waals surface area contributed by atoms with Crippen molar-refractivity contribution in [2.75, 3.05) is 6.61 Å². The van der Waals surface area contributed by atoms with Crippen molar-refractivity contribution >= 4 is 0 Å². The number of aromatic nitrogens is 2. The molecule has 2 saturated carbocycles. The van der Waals surface area contributed by atoms with E-state index < -0.39 is 0 Å². The summed E-state index contributed by atoms with van der Waals surface area (Å²) in [4.78, 5) is 4.52. The molecule has 1 aromatic rings. The van der Waals surface area contributed by atoms with Crippen molar-refractivity contribution < 1.29 is 4.74 Å². The fourth-order valence-electron chi connectivity index (χ4n) is 2.98. The average Bonchev–Trinajstić information content (AvgIpc) is 3.30. The second-order valence-corrected chi connectivity index (χ2v) is 6.00. The Labute approximate surface area is 108 Å². The van der Waals surface area contributed by atoms with E-state index in [-0.39, 0.29) is 0 Å². The second-order valence-electron chi connectivity index (χ2n) is 6.00. The molecule has 2 aliphatic carbocycles. The Balaban J connectivity index is 1.42. The third kappa shape index (κ3) is 2.19. The minimum atomic E-state index is 0.448. The van der Waals surface area contributed by atoms with Gasteiger partial charge in [0.1, 0.15) is 0 Å². The number of imidazole rings is 1. The summed E-state index contributed by atoms with van der Waals surface area (Å²) in [5.74, 6) is 0.813. The molecule has 0 amide bonds. The van der Waals surface area contributed by atoms with Crippen molar-refractivity contribution in [3.05, 3.63) is 18.2 Å². The van der Waals surface area contributed by atoms with Crippen LogP contribution in [0, 0.1) is 5.92 Å². The van der Waals surface area contributed by atoms with Gasteiger partial charge in [-0.3, -0.25) is 0 Å². The Kier molecular flexibility index (Phi) is 2.66. The number of nitrogens with one attached hydrogen (secondary N) is 1. The molecule has 2 heterocycles. The molecule has 0 bridgehead atoms. The predicted octanol–water partition coefficient (Wildman–Crippen LogP) is 1.88.